The molecule has 0 spiro atoms. The first-order chi connectivity index (χ1) is 39.0. The molecule has 0 aliphatic heterocycles. The number of para-hydroxylation sites is 1. The second-order valence-electron chi connectivity index (χ2n) is 17.5. The number of aromatic hydroxyl groups is 1. The SMILES string of the molecule is [2H]C([2H])([2H])C(c1ccc(-c2ccnc(-c3cc(-c4ccccc4)cc(-c4cccc5c4nc(-c4cc(C(C)C)cc(C(C)C)c4O)n5-c4ccc(C(C([2H])([2H])[2H])(C([2H])([2H])[2H])C([2H])([2H])[2H])cc4-c4ccccc4)c3)c2)cc1)(C([2H])([2H])[2H])C([2H])([2H])[2H]. The molecular formula is C62H61N3O. The minimum absolute atomic E-state index is 0.00320. The summed E-state index contributed by atoms with van der Waals surface area (Å²) in [5.74, 6) is 0.0945. The van der Waals surface area contributed by atoms with E-state index in [1.807, 2.05) is 117 Å². The maximum atomic E-state index is 12.5. The third kappa shape index (κ3) is 8.61. The van der Waals surface area contributed by atoms with Gasteiger partial charge in [-0.05, 0) is 133 Å². The number of hydrogen-bond acceptors (Lipinski definition) is 3. The van der Waals surface area contributed by atoms with Crippen LogP contribution in [0, 0.1) is 0 Å². The summed E-state index contributed by atoms with van der Waals surface area (Å²) in [7, 11) is 0. The van der Waals surface area contributed by atoms with Crippen LogP contribution in [0.3, 0.4) is 0 Å². The van der Waals surface area contributed by atoms with Gasteiger partial charge in [0.1, 0.15) is 11.6 Å². The molecule has 0 fully saturated rings. The molecule has 0 unspecified atom stereocenters. The van der Waals surface area contributed by atoms with Crippen molar-refractivity contribution in [3.63, 3.8) is 0 Å². The number of fused-ring (bicyclic) bond motifs is 1. The molecule has 2 aromatic heterocycles. The molecule has 4 heteroatoms. The Morgan fingerprint density at radius 3 is 1.82 bits per heavy atom. The molecule has 2 heterocycles. The van der Waals surface area contributed by atoms with Gasteiger partial charge in [0.15, 0.2) is 0 Å². The first-order valence-electron chi connectivity index (χ1n) is 30.9. The van der Waals surface area contributed by atoms with Gasteiger partial charge in [0.05, 0.1) is 28.0 Å². The lowest BCUT2D eigenvalue weighted by Gasteiger charge is -2.23. The number of hydrogen-bond donors (Lipinski definition) is 1. The molecule has 0 aliphatic carbocycles. The van der Waals surface area contributed by atoms with Gasteiger partial charge in [0.25, 0.3) is 0 Å². The highest BCUT2D eigenvalue weighted by atomic mass is 16.3. The van der Waals surface area contributed by atoms with Gasteiger partial charge in [-0.15, -0.1) is 0 Å². The largest absolute Gasteiger partial charge is 0.507 e. The molecule has 4 nitrogen and oxygen atoms in total. The number of benzene rings is 7. The first-order valence-corrected chi connectivity index (χ1v) is 21.9. The van der Waals surface area contributed by atoms with Crippen molar-refractivity contribution in [2.45, 2.75) is 91.5 Å². The van der Waals surface area contributed by atoms with Crippen LogP contribution in [0.2, 0.25) is 0 Å². The highest BCUT2D eigenvalue weighted by molar-refractivity contribution is 5.98. The fourth-order valence-electron chi connectivity index (χ4n) is 8.60. The highest BCUT2D eigenvalue weighted by Crippen LogP contribution is 2.45. The summed E-state index contributed by atoms with van der Waals surface area (Å²) in [6, 6.07) is 46.9. The molecule has 330 valence electrons. The van der Waals surface area contributed by atoms with E-state index >= 15 is 0 Å². The summed E-state index contributed by atoms with van der Waals surface area (Å²) in [5.41, 5.74) is 1.96. The summed E-state index contributed by atoms with van der Waals surface area (Å²) in [5, 5.41) is 12.5. The van der Waals surface area contributed by atoms with Gasteiger partial charge in [-0.25, -0.2) is 4.98 Å². The molecule has 0 aliphatic rings. The lowest BCUT2D eigenvalue weighted by Crippen LogP contribution is -2.12. The van der Waals surface area contributed by atoms with Crippen molar-refractivity contribution < 1.29 is 29.8 Å². The number of pyridine rings is 1. The molecule has 66 heavy (non-hydrogen) atoms. The van der Waals surface area contributed by atoms with Gasteiger partial charge in [0, 0.05) is 47.6 Å². The van der Waals surface area contributed by atoms with Gasteiger partial charge < -0.3 is 5.11 Å². The first kappa shape index (κ1) is 27.4. The average molecular weight is 882 g/mol. The Labute approximate surface area is 417 Å². The predicted octanol–water partition coefficient (Wildman–Crippen LogP) is 17.0. The molecule has 0 saturated carbocycles. The van der Waals surface area contributed by atoms with Crippen LogP contribution in [-0.2, 0) is 10.8 Å². The molecule has 0 amide bonds. The van der Waals surface area contributed by atoms with E-state index in [4.69, 9.17) is 34.6 Å². The van der Waals surface area contributed by atoms with Gasteiger partial charge in [-0.1, -0.05) is 178 Å². The second-order valence-corrected chi connectivity index (χ2v) is 17.5. The Kier molecular flexibility index (Phi) is 7.23. The summed E-state index contributed by atoms with van der Waals surface area (Å²) in [4.78, 5) is 10.3. The normalized spacial score (nSPS) is 17.3. The number of phenolic OH excluding ortho intramolecular Hbond substituents is 1. The van der Waals surface area contributed by atoms with Crippen molar-refractivity contribution in [2.24, 2.45) is 0 Å². The fourth-order valence-corrected chi connectivity index (χ4v) is 8.60. The topological polar surface area (TPSA) is 50.9 Å². The van der Waals surface area contributed by atoms with Gasteiger partial charge >= 0.3 is 0 Å². The van der Waals surface area contributed by atoms with E-state index in [0.29, 0.717) is 66.9 Å². The van der Waals surface area contributed by atoms with Crippen LogP contribution in [-0.4, -0.2) is 19.6 Å². The smallest absolute Gasteiger partial charge is 0.149 e. The van der Waals surface area contributed by atoms with Crippen LogP contribution in [0.25, 0.3) is 83.9 Å². The molecule has 1 N–H and O–H groups in total. The minimum atomic E-state index is -3.55. The predicted molar refractivity (Wildman–Crippen MR) is 279 cm³/mol. The standard InChI is InChI=1S/C62H61N3O/c1-39(2)45-35-52(40(3)4)59(66)54(36-45)60-64-58-51(22-17-23-57(58)65(60)56-29-28-50(62(8,9)10)38-53(56)43-20-15-12-16-21-43)47-32-46(41-18-13-11-14-19-41)33-48(34-47)55-37-44(30-31-63-55)42-24-26-49(27-25-42)61(5,6)7/h11-40,66H,1-10H3/i5D3,6D3,7D3,8D3,9D3,10D3. The zero-order valence-electron chi connectivity index (χ0n) is 55.1. The number of aromatic nitrogens is 3. The van der Waals surface area contributed by atoms with Crippen molar-refractivity contribution in [2.75, 3.05) is 0 Å². The Morgan fingerprint density at radius 2 is 1.14 bits per heavy atom. The zero-order chi connectivity index (χ0) is 61.5. The maximum Gasteiger partial charge on any atom is 0.149 e. The summed E-state index contributed by atoms with van der Waals surface area (Å²) in [6.07, 6.45) is 1.59. The fraction of sp³-hybridized carbons (Fsp3) is 0.226. The van der Waals surface area contributed by atoms with E-state index in [0.717, 1.165) is 16.7 Å². The highest BCUT2D eigenvalue weighted by Gasteiger charge is 2.26. The maximum absolute atomic E-state index is 12.5. The Morgan fingerprint density at radius 1 is 0.500 bits per heavy atom. The van der Waals surface area contributed by atoms with E-state index in [9.17, 15) is 5.11 Å². The molecular weight excluding hydrogens is 803 g/mol. The van der Waals surface area contributed by atoms with Gasteiger partial charge in [-0.3, -0.25) is 9.55 Å². The van der Waals surface area contributed by atoms with Crippen LogP contribution >= 0.6 is 0 Å². The summed E-state index contributed by atoms with van der Waals surface area (Å²) in [6.45, 7) is -12.9. The molecule has 0 atom stereocenters. The van der Waals surface area contributed by atoms with Crippen LogP contribution in [0.4, 0.5) is 0 Å². The minimum Gasteiger partial charge on any atom is -0.507 e. The molecule has 0 radical (unpaired) electrons. The lowest BCUT2D eigenvalue weighted by atomic mass is 9.85. The van der Waals surface area contributed by atoms with Gasteiger partial charge in [0.2, 0.25) is 0 Å². The van der Waals surface area contributed by atoms with Crippen LogP contribution in [0.5, 0.6) is 5.75 Å². The number of imidazole rings is 1. The van der Waals surface area contributed by atoms with E-state index < -0.39 is 57.5 Å². The molecule has 0 bridgehead atoms. The van der Waals surface area contributed by atoms with E-state index in [2.05, 4.69) is 0 Å². The molecule has 0 saturated heterocycles. The van der Waals surface area contributed by atoms with Gasteiger partial charge in [-0.2, -0.15) is 0 Å². The Balaban J connectivity index is 1.32. The molecule has 9 rings (SSSR count). The van der Waals surface area contributed by atoms with E-state index in [-0.39, 0.29) is 34.5 Å². The van der Waals surface area contributed by atoms with Crippen molar-refractivity contribution in [3.05, 3.63) is 192 Å². The molecule has 7 aromatic carbocycles. The second kappa shape index (κ2) is 17.4. The van der Waals surface area contributed by atoms with Crippen LogP contribution in [0.1, 0.15) is 128 Å². The third-order valence-corrected chi connectivity index (χ3v) is 12.2. The summed E-state index contributed by atoms with van der Waals surface area (Å²) >= 11 is 0. The van der Waals surface area contributed by atoms with Crippen molar-refractivity contribution >= 4 is 11.0 Å². The Bertz CT molecular complexity index is 3820. The third-order valence-electron chi connectivity index (χ3n) is 12.2. The van der Waals surface area contributed by atoms with Crippen molar-refractivity contribution in [1.29, 1.82) is 0 Å². The number of nitrogens with zero attached hydrogens (tertiary/aromatic N) is 3. The number of phenols is 1. The van der Waals surface area contributed by atoms with Crippen LogP contribution in [0.15, 0.2) is 170 Å². The summed E-state index contributed by atoms with van der Waals surface area (Å²) < 4.78 is 154. The number of rotatable bonds is 9. The van der Waals surface area contributed by atoms with Crippen LogP contribution < -0.4 is 0 Å². The lowest BCUT2D eigenvalue weighted by molar-refractivity contribution is 0.466. The van der Waals surface area contributed by atoms with E-state index in [1.165, 1.54) is 42.5 Å². The van der Waals surface area contributed by atoms with Crippen molar-refractivity contribution in [1.82, 2.24) is 14.5 Å². The average Bonchev–Trinajstić information content (AvgIpc) is 0.810. The van der Waals surface area contributed by atoms with Crippen molar-refractivity contribution in [3.8, 4) is 78.6 Å². The quantitative estimate of drug-likeness (QED) is 0.157. The molecule has 9 aromatic rings. The monoisotopic (exact) mass is 882 g/mol. The zero-order valence-corrected chi connectivity index (χ0v) is 37.1. The Hall–Kier alpha value is -7.04. The van der Waals surface area contributed by atoms with E-state index in [1.54, 1.807) is 42.6 Å².